The maximum absolute atomic E-state index is 13.5. The van der Waals surface area contributed by atoms with E-state index in [1.807, 2.05) is 13.8 Å². The van der Waals surface area contributed by atoms with Gasteiger partial charge in [0.25, 0.3) is 0 Å². The molecule has 0 saturated heterocycles. The van der Waals surface area contributed by atoms with E-state index in [9.17, 15) is 8.78 Å². The molecule has 4 nitrogen and oxygen atoms in total. The van der Waals surface area contributed by atoms with Crippen molar-refractivity contribution in [2.24, 2.45) is 0 Å². The fraction of sp³-hybridized carbons (Fsp3) is 0.231. The molecule has 0 spiro atoms. The number of nitrogens with two attached hydrogens (primary N) is 1. The van der Waals surface area contributed by atoms with Gasteiger partial charge in [-0.25, -0.2) is 13.8 Å². The molecule has 1 heterocycles. The molecule has 0 atom stereocenters. The molecular formula is C13H13F2N3O. The van der Waals surface area contributed by atoms with Gasteiger partial charge in [-0.15, -0.1) is 0 Å². The third-order valence-electron chi connectivity index (χ3n) is 2.36. The number of nitrogen functional groups attached to an aromatic ring is 1. The number of benzene rings is 1. The molecule has 0 radical (unpaired) electrons. The molecule has 6 heteroatoms. The molecule has 0 fully saturated rings. The Balaban J connectivity index is 2.32. The number of halogens is 2. The van der Waals surface area contributed by atoms with Crippen LogP contribution in [-0.2, 0) is 0 Å². The summed E-state index contributed by atoms with van der Waals surface area (Å²) in [6.45, 7) is 3.80. The molecule has 0 amide bonds. The summed E-state index contributed by atoms with van der Waals surface area (Å²) in [5, 5.41) is 0. The molecular weight excluding hydrogens is 252 g/mol. The molecule has 0 unspecified atom stereocenters. The predicted octanol–water partition coefficient (Wildman–Crippen LogP) is 3.25. The Kier molecular flexibility index (Phi) is 3.59. The molecule has 1 aromatic carbocycles. The highest BCUT2D eigenvalue weighted by atomic mass is 19.1. The zero-order chi connectivity index (χ0) is 14.0. The Bertz CT molecular complexity index is 602. The van der Waals surface area contributed by atoms with Gasteiger partial charge in [-0.2, -0.15) is 4.98 Å². The molecule has 19 heavy (non-hydrogen) atoms. The molecule has 0 saturated carbocycles. The molecule has 0 bridgehead atoms. The molecule has 0 aliphatic heterocycles. The van der Waals surface area contributed by atoms with Crippen LogP contribution in [0.5, 0.6) is 11.6 Å². The first-order valence-electron chi connectivity index (χ1n) is 5.73. The van der Waals surface area contributed by atoms with Crippen molar-refractivity contribution in [3.63, 3.8) is 0 Å². The average molecular weight is 265 g/mol. The van der Waals surface area contributed by atoms with Gasteiger partial charge in [0.1, 0.15) is 17.5 Å². The first-order chi connectivity index (χ1) is 8.95. The van der Waals surface area contributed by atoms with Gasteiger partial charge in [-0.05, 0) is 12.1 Å². The molecule has 0 aliphatic rings. The normalized spacial score (nSPS) is 10.8. The van der Waals surface area contributed by atoms with E-state index in [0.29, 0.717) is 5.82 Å². The van der Waals surface area contributed by atoms with Crippen molar-refractivity contribution in [2.75, 3.05) is 5.73 Å². The van der Waals surface area contributed by atoms with Crippen LogP contribution in [0, 0.1) is 11.6 Å². The first kappa shape index (κ1) is 13.2. The van der Waals surface area contributed by atoms with Gasteiger partial charge >= 0.3 is 0 Å². The topological polar surface area (TPSA) is 61.0 Å². The second kappa shape index (κ2) is 5.17. The third-order valence-corrected chi connectivity index (χ3v) is 2.36. The van der Waals surface area contributed by atoms with Crippen LogP contribution in [-0.4, -0.2) is 9.97 Å². The Morgan fingerprint density at radius 3 is 2.53 bits per heavy atom. The fourth-order valence-electron chi connectivity index (χ4n) is 1.44. The molecule has 100 valence electrons. The third kappa shape index (κ3) is 3.15. The highest BCUT2D eigenvalue weighted by molar-refractivity contribution is 5.36. The van der Waals surface area contributed by atoms with Crippen LogP contribution >= 0.6 is 0 Å². The first-order valence-corrected chi connectivity index (χ1v) is 5.73. The van der Waals surface area contributed by atoms with Crippen LogP contribution in [0.1, 0.15) is 25.6 Å². The summed E-state index contributed by atoms with van der Waals surface area (Å²) in [6, 6.07) is 4.42. The monoisotopic (exact) mass is 265 g/mol. The number of nitrogens with zero attached hydrogens (tertiary/aromatic N) is 2. The number of rotatable bonds is 3. The fourth-order valence-corrected chi connectivity index (χ4v) is 1.44. The van der Waals surface area contributed by atoms with Gasteiger partial charge in [0.15, 0.2) is 11.6 Å². The van der Waals surface area contributed by atoms with E-state index in [1.165, 1.54) is 12.1 Å². The summed E-state index contributed by atoms with van der Waals surface area (Å²) >= 11 is 0. The lowest BCUT2D eigenvalue weighted by molar-refractivity contribution is 0.420. The van der Waals surface area contributed by atoms with Crippen molar-refractivity contribution < 1.29 is 13.5 Å². The van der Waals surface area contributed by atoms with Crippen LogP contribution in [0.4, 0.5) is 14.6 Å². The minimum Gasteiger partial charge on any atom is -0.436 e. The Morgan fingerprint density at radius 1 is 1.16 bits per heavy atom. The Hall–Kier alpha value is -2.24. The minimum atomic E-state index is -0.803. The summed E-state index contributed by atoms with van der Waals surface area (Å²) in [5.74, 6) is -0.674. The van der Waals surface area contributed by atoms with Crippen molar-refractivity contribution in [3.05, 3.63) is 41.7 Å². The van der Waals surface area contributed by atoms with Crippen molar-refractivity contribution in [1.29, 1.82) is 0 Å². The number of anilines is 1. The highest BCUT2D eigenvalue weighted by Crippen LogP contribution is 2.25. The summed E-state index contributed by atoms with van der Waals surface area (Å²) in [6.07, 6.45) is 0. The van der Waals surface area contributed by atoms with Crippen LogP contribution < -0.4 is 10.5 Å². The number of hydrogen-bond donors (Lipinski definition) is 1. The summed E-state index contributed by atoms with van der Waals surface area (Å²) < 4.78 is 31.5. The van der Waals surface area contributed by atoms with E-state index in [4.69, 9.17) is 10.5 Å². The zero-order valence-electron chi connectivity index (χ0n) is 10.5. The van der Waals surface area contributed by atoms with Gasteiger partial charge in [0.2, 0.25) is 5.88 Å². The minimum absolute atomic E-state index is 0.0592. The lowest BCUT2D eigenvalue weighted by Crippen LogP contribution is -2.03. The maximum Gasteiger partial charge on any atom is 0.224 e. The van der Waals surface area contributed by atoms with Crippen molar-refractivity contribution in [3.8, 4) is 11.6 Å². The van der Waals surface area contributed by atoms with Gasteiger partial charge in [0.05, 0.1) is 0 Å². The van der Waals surface area contributed by atoms with Crippen molar-refractivity contribution in [2.45, 2.75) is 19.8 Å². The van der Waals surface area contributed by atoms with Crippen LogP contribution in [0.2, 0.25) is 0 Å². The van der Waals surface area contributed by atoms with Gasteiger partial charge in [-0.1, -0.05) is 13.8 Å². The molecule has 2 aromatic rings. The van der Waals surface area contributed by atoms with E-state index in [0.717, 1.165) is 12.1 Å². The standard InChI is InChI=1S/C13H13F2N3O/c1-7(2)13-17-11(16)6-12(18-13)19-10-4-3-8(14)5-9(10)15/h3-7H,1-2H3,(H2,16,17,18). The molecule has 2 rings (SSSR count). The maximum atomic E-state index is 13.5. The average Bonchev–Trinajstić information content (AvgIpc) is 2.32. The molecule has 0 aliphatic carbocycles. The highest BCUT2D eigenvalue weighted by Gasteiger charge is 2.11. The summed E-state index contributed by atoms with van der Waals surface area (Å²) in [5.41, 5.74) is 5.63. The SMILES string of the molecule is CC(C)c1nc(N)cc(Oc2ccc(F)cc2F)n1. The van der Waals surface area contributed by atoms with Gasteiger partial charge < -0.3 is 10.5 Å². The second-order valence-corrected chi connectivity index (χ2v) is 4.32. The van der Waals surface area contributed by atoms with Gasteiger partial charge in [0, 0.05) is 18.1 Å². The van der Waals surface area contributed by atoms with E-state index < -0.39 is 11.6 Å². The smallest absolute Gasteiger partial charge is 0.224 e. The van der Waals surface area contributed by atoms with Crippen LogP contribution in [0.25, 0.3) is 0 Å². The number of aromatic nitrogens is 2. The van der Waals surface area contributed by atoms with Crippen LogP contribution in [0.15, 0.2) is 24.3 Å². The Morgan fingerprint density at radius 2 is 1.89 bits per heavy atom. The van der Waals surface area contributed by atoms with E-state index in [-0.39, 0.29) is 23.4 Å². The molecule has 2 N–H and O–H groups in total. The largest absolute Gasteiger partial charge is 0.436 e. The second-order valence-electron chi connectivity index (χ2n) is 4.32. The van der Waals surface area contributed by atoms with E-state index in [2.05, 4.69) is 9.97 Å². The lowest BCUT2D eigenvalue weighted by Gasteiger charge is -2.09. The summed E-state index contributed by atoms with van der Waals surface area (Å²) in [7, 11) is 0. The number of hydrogen-bond acceptors (Lipinski definition) is 4. The van der Waals surface area contributed by atoms with Crippen molar-refractivity contribution >= 4 is 5.82 Å². The summed E-state index contributed by atoms with van der Waals surface area (Å²) in [4.78, 5) is 8.16. The zero-order valence-corrected chi connectivity index (χ0v) is 10.5. The van der Waals surface area contributed by atoms with E-state index in [1.54, 1.807) is 0 Å². The predicted molar refractivity (Wildman–Crippen MR) is 67.0 cm³/mol. The van der Waals surface area contributed by atoms with Crippen LogP contribution in [0.3, 0.4) is 0 Å². The van der Waals surface area contributed by atoms with Crippen molar-refractivity contribution in [1.82, 2.24) is 9.97 Å². The van der Waals surface area contributed by atoms with Gasteiger partial charge in [-0.3, -0.25) is 0 Å². The quantitative estimate of drug-likeness (QED) is 0.925. The lowest BCUT2D eigenvalue weighted by atomic mass is 10.2. The Labute approximate surface area is 109 Å². The van der Waals surface area contributed by atoms with E-state index >= 15 is 0 Å². The molecule has 1 aromatic heterocycles. The number of ether oxygens (including phenoxy) is 1.